The van der Waals surface area contributed by atoms with Crippen LogP contribution in [-0.4, -0.2) is 71.6 Å². The molecule has 2 amide bonds. The molecule has 2 unspecified atom stereocenters. The van der Waals surface area contributed by atoms with Gasteiger partial charge >= 0.3 is 6.36 Å². The smallest absolute Gasteiger partial charge is 0.406 e. The van der Waals surface area contributed by atoms with Gasteiger partial charge in [-0.2, -0.15) is 0 Å². The lowest BCUT2D eigenvalue weighted by atomic mass is 9.82. The number of carbonyl (C=O) groups is 2. The highest BCUT2D eigenvalue weighted by molar-refractivity contribution is 5.77. The van der Waals surface area contributed by atoms with Crippen LogP contribution in [-0.2, 0) is 9.59 Å². The minimum Gasteiger partial charge on any atom is -0.406 e. The largest absolute Gasteiger partial charge is 0.573 e. The first kappa shape index (κ1) is 29.9. The van der Waals surface area contributed by atoms with Crippen molar-refractivity contribution >= 4 is 11.8 Å². The van der Waals surface area contributed by atoms with Crippen LogP contribution < -0.4 is 4.74 Å². The Morgan fingerprint density at radius 3 is 2.17 bits per heavy atom. The summed E-state index contributed by atoms with van der Waals surface area (Å²) in [6.07, 6.45) is -2.64. The van der Waals surface area contributed by atoms with Gasteiger partial charge in [0.05, 0.1) is 6.04 Å². The Labute approximate surface area is 235 Å². The predicted octanol–water partition coefficient (Wildman–Crippen LogP) is 5.88. The number of hydrogen-bond donors (Lipinski definition) is 0. The van der Waals surface area contributed by atoms with Crippen LogP contribution in [0.3, 0.4) is 0 Å². The molecule has 2 aliphatic rings. The number of likely N-dealkylation sites (tertiary alicyclic amines) is 1. The van der Waals surface area contributed by atoms with Crippen LogP contribution >= 0.6 is 0 Å². The summed E-state index contributed by atoms with van der Waals surface area (Å²) in [7, 11) is 0. The third-order valence-corrected chi connectivity index (χ3v) is 8.14. The van der Waals surface area contributed by atoms with Crippen molar-refractivity contribution < 1.29 is 27.5 Å². The summed E-state index contributed by atoms with van der Waals surface area (Å²) in [5, 5.41) is 0. The van der Waals surface area contributed by atoms with Crippen LogP contribution in [0.1, 0.15) is 64.1 Å². The number of piperidine rings is 1. The zero-order valence-corrected chi connectivity index (χ0v) is 23.8. The quantitative estimate of drug-likeness (QED) is 0.444. The van der Waals surface area contributed by atoms with E-state index in [2.05, 4.69) is 30.4 Å². The van der Waals surface area contributed by atoms with Gasteiger partial charge in [-0.15, -0.1) is 13.2 Å². The van der Waals surface area contributed by atoms with Crippen LogP contribution in [0.2, 0.25) is 0 Å². The highest BCUT2D eigenvalue weighted by atomic mass is 19.4. The van der Waals surface area contributed by atoms with Crippen LogP contribution in [0.25, 0.3) is 0 Å². The molecule has 0 saturated carbocycles. The fourth-order valence-electron chi connectivity index (χ4n) is 6.03. The van der Waals surface area contributed by atoms with E-state index in [1.807, 2.05) is 46.2 Å². The van der Waals surface area contributed by atoms with E-state index in [0.29, 0.717) is 44.7 Å². The van der Waals surface area contributed by atoms with Gasteiger partial charge in [-0.25, -0.2) is 0 Å². The van der Waals surface area contributed by atoms with Gasteiger partial charge in [0.1, 0.15) is 5.75 Å². The Kier molecular flexibility index (Phi) is 9.12. The van der Waals surface area contributed by atoms with Crippen molar-refractivity contribution in [2.45, 2.75) is 65.4 Å². The van der Waals surface area contributed by atoms with Crippen LogP contribution in [0.5, 0.6) is 5.75 Å². The SMILES string of the molecule is CC(=O)N1CCC(CC(=O)N2CCN(C(c3ccccc3)c3cccc(OC(F)(F)F)c3)CC2C(C)(C)C)CC1. The van der Waals surface area contributed by atoms with Gasteiger partial charge in [-0.3, -0.25) is 14.5 Å². The number of rotatable bonds is 6. The van der Waals surface area contributed by atoms with Gasteiger partial charge in [-0.05, 0) is 47.4 Å². The molecular weight excluding hydrogens is 519 g/mol. The van der Waals surface area contributed by atoms with Crippen LogP contribution in [0, 0.1) is 11.3 Å². The number of carbonyl (C=O) groups excluding carboxylic acids is 2. The lowest BCUT2D eigenvalue weighted by Crippen LogP contribution is -2.60. The summed E-state index contributed by atoms with van der Waals surface area (Å²) in [5.74, 6) is 0.230. The van der Waals surface area contributed by atoms with E-state index in [4.69, 9.17) is 0 Å². The molecule has 2 fully saturated rings. The standard InChI is InChI=1S/C31H40F3N3O3/c1-22(38)35-15-13-23(14-16-35)19-28(39)37-18-17-36(21-27(37)30(2,3)4)29(24-9-6-5-7-10-24)25-11-8-12-26(20-25)40-31(32,33)34/h5-12,20,23,27,29H,13-19,21H2,1-4H3. The third-order valence-electron chi connectivity index (χ3n) is 8.14. The predicted molar refractivity (Wildman–Crippen MR) is 148 cm³/mol. The second-order valence-electron chi connectivity index (χ2n) is 12.1. The molecule has 4 rings (SSSR count). The summed E-state index contributed by atoms with van der Waals surface area (Å²) in [6, 6.07) is 15.6. The molecule has 0 N–H and O–H groups in total. The molecule has 2 aromatic rings. The van der Waals surface area contributed by atoms with Crippen molar-refractivity contribution in [3.63, 3.8) is 0 Å². The van der Waals surface area contributed by atoms with Crippen molar-refractivity contribution in [2.24, 2.45) is 11.3 Å². The number of amides is 2. The minimum atomic E-state index is -4.77. The molecule has 6 nitrogen and oxygen atoms in total. The first-order valence-corrected chi connectivity index (χ1v) is 14.0. The molecule has 0 radical (unpaired) electrons. The van der Waals surface area contributed by atoms with E-state index >= 15 is 0 Å². The van der Waals surface area contributed by atoms with E-state index < -0.39 is 6.36 Å². The second-order valence-corrected chi connectivity index (χ2v) is 12.1. The first-order valence-electron chi connectivity index (χ1n) is 14.0. The monoisotopic (exact) mass is 559 g/mol. The summed E-state index contributed by atoms with van der Waals surface area (Å²) in [5.41, 5.74) is 1.46. The number of alkyl halides is 3. The average Bonchev–Trinajstić information content (AvgIpc) is 2.88. The highest BCUT2D eigenvalue weighted by Gasteiger charge is 2.41. The van der Waals surface area contributed by atoms with Crippen LogP contribution in [0.15, 0.2) is 54.6 Å². The van der Waals surface area contributed by atoms with Gasteiger partial charge in [0, 0.05) is 52.1 Å². The summed E-state index contributed by atoms with van der Waals surface area (Å²) >= 11 is 0. The van der Waals surface area contributed by atoms with E-state index in [9.17, 15) is 22.8 Å². The molecule has 2 aliphatic heterocycles. The van der Waals surface area contributed by atoms with Gasteiger partial charge in [0.2, 0.25) is 11.8 Å². The Morgan fingerprint density at radius 1 is 0.925 bits per heavy atom. The molecule has 40 heavy (non-hydrogen) atoms. The Hall–Kier alpha value is -3.07. The summed E-state index contributed by atoms with van der Waals surface area (Å²) < 4.78 is 43.2. The number of ether oxygens (including phenoxy) is 1. The lowest BCUT2D eigenvalue weighted by molar-refractivity contribution is -0.274. The van der Waals surface area contributed by atoms with Crippen molar-refractivity contribution in [3.8, 4) is 5.75 Å². The Bertz CT molecular complexity index is 1160. The zero-order valence-electron chi connectivity index (χ0n) is 23.8. The topological polar surface area (TPSA) is 53.1 Å². The minimum absolute atomic E-state index is 0.0770. The number of benzene rings is 2. The fraction of sp³-hybridized carbons (Fsp3) is 0.548. The van der Waals surface area contributed by atoms with Crippen molar-refractivity contribution in [1.29, 1.82) is 0 Å². The molecular formula is C31H40F3N3O3. The molecule has 2 aromatic carbocycles. The maximum absolute atomic E-state index is 13.6. The van der Waals surface area contributed by atoms with E-state index in [-0.39, 0.29) is 41.0 Å². The van der Waals surface area contributed by atoms with Gasteiger partial charge in [0.25, 0.3) is 0 Å². The second kappa shape index (κ2) is 12.2. The summed E-state index contributed by atoms with van der Waals surface area (Å²) in [6.45, 7) is 11.1. The van der Waals surface area contributed by atoms with Crippen molar-refractivity contribution in [1.82, 2.24) is 14.7 Å². The third kappa shape index (κ3) is 7.56. The van der Waals surface area contributed by atoms with E-state index in [1.165, 1.54) is 12.1 Å². The average molecular weight is 560 g/mol. The van der Waals surface area contributed by atoms with Crippen LogP contribution in [0.4, 0.5) is 13.2 Å². The Morgan fingerprint density at radius 2 is 1.57 bits per heavy atom. The van der Waals surface area contributed by atoms with Crippen molar-refractivity contribution in [3.05, 3.63) is 65.7 Å². The summed E-state index contributed by atoms with van der Waals surface area (Å²) in [4.78, 5) is 31.5. The normalized spacial score (nSPS) is 20.3. The van der Waals surface area contributed by atoms with E-state index in [0.717, 1.165) is 18.4 Å². The molecule has 2 saturated heterocycles. The number of nitrogens with zero attached hydrogens (tertiary/aromatic N) is 3. The van der Waals surface area contributed by atoms with E-state index in [1.54, 1.807) is 13.0 Å². The molecule has 2 heterocycles. The maximum atomic E-state index is 13.6. The van der Waals surface area contributed by atoms with Gasteiger partial charge in [0.15, 0.2) is 0 Å². The maximum Gasteiger partial charge on any atom is 0.573 e. The zero-order chi connectivity index (χ0) is 29.1. The molecule has 2 atom stereocenters. The highest BCUT2D eigenvalue weighted by Crippen LogP contribution is 2.37. The van der Waals surface area contributed by atoms with Crippen molar-refractivity contribution in [2.75, 3.05) is 32.7 Å². The lowest BCUT2D eigenvalue weighted by Gasteiger charge is -2.50. The number of piperazine rings is 1. The number of halogens is 3. The molecule has 9 heteroatoms. The Balaban J connectivity index is 1.55. The fourth-order valence-corrected chi connectivity index (χ4v) is 6.03. The molecule has 0 aromatic heterocycles. The molecule has 218 valence electrons. The molecule has 0 aliphatic carbocycles. The first-order chi connectivity index (χ1) is 18.8. The molecule has 0 spiro atoms. The van der Waals surface area contributed by atoms with Gasteiger partial charge in [-0.1, -0.05) is 63.2 Å². The molecule has 0 bridgehead atoms. The van der Waals surface area contributed by atoms with Gasteiger partial charge < -0.3 is 14.5 Å². The number of hydrogen-bond acceptors (Lipinski definition) is 4.